The number of rotatable bonds is 7. The fourth-order valence-corrected chi connectivity index (χ4v) is 3.44. The van der Waals surface area contributed by atoms with E-state index in [1.54, 1.807) is 42.7 Å². The molecule has 0 saturated heterocycles. The van der Waals surface area contributed by atoms with Gasteiger partial charge >= 0.3 is 0 Å². The molecule has 0 saturated carbocycles. The summed E-state index contributed by atoms with van der Waals surface area (Å²) in [6, 6.07) is 16.5. The molecule has 2 aromatic carbocycles. The van der Waals surface area contributed by atoms with Crippen LogP contribution in [0.2, 0.25) is 0 Å². The number of ether oxygens (including phenoxy) is 1. The summed E-state index contributed by atoms with van der Waals surface area (Å²) in [5.41, 5.74) is 3.28. The van der Waals surface area contributed by atoms with Crippen LogP contribution in [0, 0.1) is 0 Å². The Labute approximate surface area is 201 Å². The zero-order valence-corrected chi connectivity index (χ0v) is 20.8. The van der Waals surface area contributed by atoms with E-state index in [-0.39, 0.29) is 29.3 Å². The van der Waals surface area contributed by atoms with Gasteiger partial charge in [-0.1, -0.05) is 53.7 Å². The lowest BCUT2D eigenvalue weighted by molar-refractivity contribution is -0.118. The smallest absolute Gasteiger partial charge is 0.262 e. The molecule has 6 heteroatoms. The van der Waals surface area contributed by atoms with Crippen LogP contribution < -0.4 is 15.4 Å². The first-order valence-electron chi connectivity index (χ1n) is 11.4. The summed E-state index contributed by atoms with van der Waals surface area (Å²) in [5.74, 6) is 0.903. The Bertz CT molecular complexity index is 1120. The predicted octanol–water partition coefficient (Wildman–Crippen LogP) is 5.82. The van der Waals surface area contributed by atoms with Crippen molar-refractivity contribution < 1.29 is 18.7 Å². The third-order valence-electron chi connectivity index (χ3n) is 5.45. The van der Waals surface area contributed by atoms with Crippen molar-refractivity contribution in [3.05, 3.63) is 83.3 Å². The second-order valence-electron chi connectivity index (χ2n) is 10.4. The number of amides is 2. The molecular formula is C28H34N2O4. The predicted molar refractivity (Wildman–Crippen MR) is 134 cm³/mol. The second-order valence-corrected chi connectivity index (χ2v) is 10.4. The van der Waals surface area contributed by atoms with Gasteiger partial charge in [-0.25, -0.2) is 0 Å². The molecule has 1 aromatic heterocycles. The van der Waals surface area contributed by atoms with Gasteiger partial charge in [-0.3, -0.25) is 9.59 Å². The molecule has 0 spiro atoms. The van der Waals surface area contributed by atoms with Crippen molar-refractivity contribution in [2.24, 2.45) is 0 Å². The highest BCUT2D eigenvalue weighted by Crippen LogP contribution is 2.35. The average Bonchev–Trinajstić information content (AvgIpc) is 3.29. The summed E-state index contributed by atoms with van der Waals surface area (Å²) in [6.45, 7) is 13.1. The Morgan fingerprint density at radius 3 is 2.21 bits per heavy atom. The van der Waals surface area contributed by atoms with Gasteiger partial charge in [-0.15, -0.1) is 0 Å². The first-order valence-corrected chi connectivity index (χ1v) is 11.4. The van der Waals surface area contributed by atoms with Gasteiger partial charge in [0, 0.05) is 11.3 Å². The minimum absolute atomic E-state index is 0.0255. The van der Waals surface area contributed by atoms with Crippen LogP contribution in [0.3, 0.4) is 0 Å². The van der Waals surface area contributed by atoms with E-state index in [1.165, 1.54) is 5.56 Å². The van der Waals surface area contributed by atoms with Crippen LogP contribution in [0.4, 0.5) is 5.69 Å². The van der Waals surface area contributed by atoms with Crippen molar-refractivity contribution >= 4 is 17.5 Å². The van der Waals surface area contributed by atoms with E-state index in [2.05, 4.69) is 64.3 Å². The third kappa shape index (κ3) is 6.73. The molecule has 0 aliphatic heterocycles. The average molecular weight is 463 g/mol. The topological polar surface area (TPSA) is 80.6 Å². The minimum atomic E-state index is -0.269. The zero-order chi connectivity index (χ0) is 24.9. The number of furan rings is 1. The van der Waals surface area contributed by atoms with Gasteiger partial charge in [0.1, 0.15) is 11.5 Å². The number of carbonyl (C=O) groups excluding carboxylic acids is 2. The normalized spacial score (nSPS) is 11.7. The Morgan fingerprint density at radius 2 is 1.62 bits per heavy atom. The molecular weight excluding hydrogens is 428 g/mol. The molecule has 3 aromatic rings. The van der Waals surface area contributed by atoms with Crippen LogP contribution in [0.25, 0.3) is 0 Å². The van der Waals surface area contributed by atoms with E-state index >= 15 is 0 Å². The lowest BCUT2D eigenvalue weighted by Crippen LogP contribution is -2.23. The SMILES string of the molecule is CC(C)(C)c1ccc(OCC(=O)Nc2ccc(C(=O)NCc3ccco3)cc2)c(C(C)(C)C)c1. The lowest BCUT2D eigenvalue weighted by atomic mass is 9.80. The van der Waals surface area contributed by atoms with Gasteiger partial charge in [0.05, 0.1) is 12.8 Å². The molecule has 0 atom stereocenters. The van der Waals surface area contributed by atoms with Crippen molar-refractivity contribution in [2.45, 2.75) is 58.9 Å². The van der Waals surface area contributed by atoms with Crippen LogP contribution in [0.1, 0.15) is 68.8 Å². The van der Waals surface area contributed by atoms with Gasteiger partial charge in [0.25, 0.3) is 11.8 Å². The Morgan fingerprint density at radius 1 is 0.912 bits per heavy atom. The van der Waals surface area contributed by atoms with E-state index in [9.17, 15) is 9.59 Å². The maximum atomic E-state index is 12.5. The van der Waals surface area contributed by atoms with Crippen molar-refractivity contribution in [1.82, 2.24) is 5.32 Å². The molecule has 0 bridgehead atoms. The standard InChI is InChI=1S/C28H34N2O4/c1-27(2,3)20-11-14-24(23(16-20)28(4,5)6)34-18-25(31)30-21-12-9-19(10-13-21)26(32)29-17-22-8-7-15-33-22/h7-16H,17-18H2,1-6H3,(H,29,32)(H,30,31). The molecule has 180 valence electrons. The molecule has 1 heterocycles. The summed E-state index contributed by atoms with van der Waals surface area (Å²) >= 11 is 0. The van der Waals surface area contributed by atoms with Gasteiger partial charge in [-0.2, -0.15) is 0 Å². The maximum absolute atomic E-state index is 12.5. The molecule has 34 heavy (non-hydrogen) atoms. The Kier molecular flexibility index (Phi) is 7.50. The number of anilines is 1. The van der Waals surface area contributed by atoms with Gasteiger partial charge in [0.2, 0.25) is 0 Å². The Hall–Kier alpha value is -3.54. The van der Waals surface area contributed by atoms with E-state index in [4.69, 9.17) is 9.15 Å². The molecule has 0 radical (unpaired) electrons. The summed E-state index contributed by atoms with van der Waals surface area (Å²) in [6.07, 6.45) is 1.56. The van der Waals surface area contributed by atoms with Crippen LogP contribution >= 0.6 is 0 Å². The van der Waals surface area contributed by atoms with Gasteiger partial charge in [0.15, 0.2) is 6.61 Å². The molecule has 2 amide bonds. The van der Waals surface area contributed by atoms with E-state index in [1.807, 2.05) is 6.07 Å². The van der Waals surface area contributed by atoms with E-state index in [0.29, 0.717) is 29.3 Å². The number of hydrogen-bond donors (Lipinski definition) is 2. The Balaban J connectivity index is 1.58. The first-order chi connectivity index (χ1) is 15.9. The fraction of sp³-hybridized carbons (Fsp3) is 0.357. The fourth-order valence-electron chi connectivity index (χ4n) is 3.44. The zero-order valence-electron chi connectivity index (χ0n) is 20.8. The van der Waals surface area contributed by atoms with Crippen LogP contribution in [0.15, 0.2) is 65.3 Å². The van der Waals surface area contributed by atoms with Crippen molar-refractivity contribution in [1.29, 1.82) is 0 Å². The first kappa shape index (κ1) is 25.1. The molecule has 0 unspecified atom stereocenters. The molecule has 0 fully saturated rings. The molecule has 0 aliphatic carbocycles. The van der Waals surface area contributed by atoms with Crippen LogP contribution in [-0.2, 0) is 22.2 Å². The molecule has 6 nitrogen and oxygen atoms in total. The van der Waals surface area contributed by atoms with E-state index < -0.39 is 0 Å². The third-order valence-corrected chi connectivity index (χ3v) is 5.45. The molecule has 3 rings (SSSR count). The minimum Gasteiger partial charge on any atom is -0.483 e. The lowest BCUT2D eigenvalue weighted by Gasteiger charge is -2.27. The van der Waals surface area contributed by atoms with Gasteiger partial charge in [-0.05, 0) is 64.4 Å². The van der Waals surface area contributed by atoms with Crippen LogP contribution in [0.5, 0.6) is 5.75 Å². The number of hydrogen-bond acceptors (Lipinski definition) is 4. The van der Waals surface area contributed by atoms with Crippen molar-refractivity contribution in [3.8, 4) is 5.75 Å². The highest BCUT2D eigenvalue weighted by atomic mass is 16.5. The van der Waals surface area contributed by atoms with Crippen molar-refractivity contribution in [3.63, 3.8) is 0 Å². The second kappa shape index (κ2) is 10.2. The highest BCUT2D eigenvalue weighted by Gasteiger charge is 2.23. The highest BCUT2D eigenvalue weighted by molar-refractivity contribution is 5.96. The number of carbonyl (C=O) groups is 2. The summed E-state index contributed by atoms with van der Waals surface area (Å²) in [7, 11) is 0. The quantitative estimate of drug-likeness (QED) is 0.463. The number of nitrogens with one attached hydrogen (secondary N) is 2. The maximum Gasteiger partial charge on any atom is 0.262 e. The van der Waals surface area contributed by atoms with Crippen LogP contribution in [-0.4, -0.2) is 18.4 Å². The summed E-state index contributed by atoms with van der Waals surface area (Å²) in [4.78, 5) is 24.8. The molecule has 2 N–H and O–H groups in total. The van der Waals surface area contributed by atoms with Gasteiger partial charge < -0.3 is 19.8 Å². The monoisotopic (exact) mass is 462 g/mol. The molecule has 0 aliphatic rings. The van der Waals surface area contributed by atoms with E-state index in [0.717, 1.165) is 5.56 Å². The summed E-state index contributed by atoms with van der Waals surface area (Å²) in [5, 5.41) is 5.61. The van der Waals surface area contributed by atoms with Crippen molar-refractivity contribution in [2.75, 3.05) is 11.9 Å². The largest absolute Gasteiger partial charge is 0.483 e. The summed E-state index contributed by atoms with van der Waals surface area (Å²) < 4.78 is 11.1. The number of benzene rings is 2.